The van der Waals surface area contributed by atoms with Crippen LogP contribution in [-0.4, -0.2) is 23.9 Å². The molecule has 0 spiro atoms. The van der Waals surface area contributed by atoms with E-state index < -0.39 is 0 Å². The van der Waals surface area contributed by atoms with E-state index in [0.717, 1.165) is 5.17 Å². The molecule has 0 bridgehead atoms. The highest BCUT2D eigenvalue weighted by Crippen LogP contribution is 2.28. The molecule has 1 atom stereocenters. The van der Waals surface area contributed by atoms with E-state index in [9.17, 15) is 4.79 Å². The van der Waals surface area contributed by atoms with Gasteiger partial charge >= 0.3 is 0 Å². The molecule has 0 saturated carbocycles. The number of nitrogens with one attached hydrogen (secondary N) is 1. The Morgan fingerprint density at radius 1 is 1.54 bits per heavy atom. The Hall–Kier alpha value is -0.510. The second kappa shape index (κ2) is 3.70. The van der Waals surface area contributed by atoms with Gasteiger partial charge in [-0.1, -0.05) is 32.5 Å². The van der Waals surface area contributed by atoms with Crippen LogP contribution in [0.15, 0.2) is 4.99 Å². The van der Waals surface area contributed by atoms with E-state index in [4.69, 9.17) is 0 Å². The largest absolute Gasteiger partial charge is 0.305 e. The van der Waals surface area contributed by atoms with E-state index >= 15 is 0 Å². The number of carbonyl (C=O) groups is 1. The van der Waals surface area contributed by atoms with Crippen LogP contribution < -0.4 is 5.32 Å². The Bertz CT molecular complexity index is 242. The molecule has 0 saturated heterocycles. The summed E-state index contributed by atoms with van der Waals surface area (Å²) in [5, 5.41) is 3.54. The fraction of sp³-hybridized carbons (Fsp3) is 0.778. The van der Waals surface area contributed by atoms with Crippen LogP contribution in [-0.2, 0) is 4.79 Å². The third-order valence-corrected chi connectivity index (χ3v) is 2.82. The van der Waals surface area contributed by atoms with Crippen LogP contribution in [0.1, 0.15) is 20.8 Å². The average Bonchev–Trinajstić information content (AvgIpc) is 2.01. The number of amides is 1. The van der Waals surface area contributed by atoms with Crippen molar-refractivity contribution in [2.75, 3.05) is 12.8 Å². The molecule has 1 heterocycles. The third-order valence-electron chi connectivity index (χ3n) is 2.20. The minimum atomic E-state index is -0.00246. The Labute approximate surface area is 83.4 Å². The molecule has 4 heteroatoms. The van der Waals surface area contributed by atoms with Crippen molar-refractivity contribution in [2.24, 2.45) is 16.3 Å². The predicted molar refractivity (Wildman–Crippen MR) is 56.9 cm³/mol. The van der Waals surface area contributed by atoms with Gasteiger partial charge in [0.05, 0.1) is 12.5 Å². The lowest BCUT2D eigenvalue weighted by atomic mass is 9.80. The van der Waals surface area contributed by atoms with Gasteiger partial charge in [-0.15, -0.1) is 0 Å². The molecule has 1 unspecified atom stereocenters. The molecule has 0 fully saturated rings. The number of aliphatic imine (C=N–C) groups is 1. The standard InChI is InChI=1S/C9H16N2OS/c1-9(2,3)6-5-10-8(13-4)11-7(6)12/h6H,5H2,1-4H3,(H,10,11,12). The minimum absolute atomic E-state index is 0.00246. The van der Waals surface area contributed by atoms with Gasteiger partial charge in [-0.25, -0.2) is 0 Å². The summed E-state index contributed by atoms with van der Waals surface area (Å²) in [7, 11) is 0. The summed E-state index contributed by atoms with van der Waals surface area (Å²) in [5.41, 5.74) is -0.00246. The minimum Gasteiger partial charge on any atom is -0.305 e. The van der Waals surface area contributed by atoms with Crippen LogP contribution >= 0.6 is 11.8 Å². The molecule has 0 aromatic rings. The molecule has 13 heavy (non-hydrogen) atoms. The van der Waals surface area contributed by atoms with E-state index in [-0.39, 0.29) is 17.2 Å². The van der Waals surface area contributed by atoms with Crippen LogP contribution in [0.5, 0.6) is 0 Å². The van der Waals surface area contributed by atoms with E-state index in [2.05, 4.69) is 31.1 Å². The van der Waals surface area contributed by atoms with Crippen molar-refractivity contribution in [3.05, 3.63) is 0 Å². The second-order valence-electron chi connectivity index (χ2n) is 4.26. The van der Waals surface area contributed by atoms with Crippen molar-refractivity contribution in [3.8, 4) is 0 Å². The van der Waals surface area contributed by atoms with Crippen molar-refractivity contribution >= 4 is 22.8 Å². The number of thioether (sulfide) groups is 1. The number of amidine groups is 1. The number of hydrogen-bond acceptors (Lipinski definition) is 3. The molecule has 0 aliphatic carbocycles. The lowest BCUT2D eigenvalue weighted by molar-refractivity contribution is -0.126. The quantitative estimate of drug-likeness (QED) is 0.644. The summed E-state index contributed by atoms with van der Waals surface area (Å²) in [5.74, 6) is 0.107. The zero-order chi connectivity index (χ0) is 10.1. The Kier molecular flexibility index (Phi) is 3.01. The van der Waals surface area contributed by atoms with E-state index in [1.807, 2.05) is 6.26 Å². The Morgan fingerprint density at radius 2 is 2.15 bits per heavy atom. The van der Waals surface area contributed by atoms with Gasteiger partial charge in [0, 0.05) is 0 Å². The van der Waals surface area contributed by atoms with Crippen molar-refractivity contribution in [1.82, 2.24) is 5.32 Å². The monoisotopic (exact) mass is 200 g/mol. The van der Waals surface area contributed by atoms with E-state index in [1.54, 1.807) is 0 Å². The second-order valence-corrected chi connectivity index (χ2v) is 5.05. The first kappa shape index (κ1) is 10.6. The molecule has 1 amide bonds. The zero-order valence-electron chi connectivity index (χ0n) is 8.55. The van der Waals surface area contributed by atoms with Gasteiger partial charge in [-0.2, -0.15) is 0 Å². The lowest BCUT2D eigenvalue weighted by Crippen LogP contribution is -2.45. The van der Waals surface area contributed by atoms with Crippen molar-refractivity contribution in [3.63, 3.8) is 0 Å². The van der Waals surface area contributed by atoms with Gasteiger partial charge < -0.3 is 5.32 Å². The van der Waals surface area contributed by atoms with Gasteiger partial charge in [0.15, 0.2) is 5.17 Å². The van der Waals surface area contributed by atoms with Gasteiger partial charge in [-0.05, 0) is 11.7 Å². The van der Waals surface area contributed by atoms with Crippen molar-refractivity contribution < 1.29 is 4.79 Å². The number of hydrogen-bond donors (Lipinski definition) is 1. The maximum absolute atomic E-state index is 11.6. The summed E-state index contributed by atoms with van der Waals surface area (Å²) in [6.45, 7) is 6.82. The van der Waals surface area contributed by atoms with Crippen LogP contribution in [0.3, 0.4) is 0 Å². The molecule has 0 aromatic heterocycles. The Balaban J connectivity index is 2.74. The molecule has 1 aliphatic heterocycles. The SMILES string of the molecule is CSC1=NCC(C(C)(C)C)C(=O)N1. The van der Waals surface area contributed by atoms with E-state index in [1.165, 1.54) is 11.8 Å². The molecule has 1 aliphatic rings. The maximum Gasteiger partial charge on any atom is 0.231 e. The maximum atomic E-state index is 11.6. The first-order chi connectivity index (χ1) is 5.95. The van der Waals surface area contributed by atoms with Crippen LogP contribution in [0, 0.1) is 11.3 Å². The molecule has 0 radical (unpaired) electrons. The normalized spacial score (nSPS) is 23.8. The highest BCUT2D eigenvalue weighted by Gasteiger charge is 2.33. The topological polar surface area (TPSA) is 41.5 Å². The summed E-state index contributed by atoms with van der Waals surface area (Å²) in [4.78, 5) is 15.9. The van der Waals surface area contributed by atoms with Crippen LogP contribution in [0.4, 0.5) is 0 Å². The van der Waals surface area contributed by atoms with Crippen molar-refractivity contribution in [1.29, 1.82) is 0 Å². The molecule has 1 N–H and O–H groups in total. The average molecular weight is 200 g/mol. The van der Waals surface area contributed by atoms with Gasteiger partial charge in [0.1, 0.15) is 0 Å². The zero-order valence-corrected chi connectivity index (χ0v) is 9.36. The highest BCUT2D eigenvalue weighted by molar-refractivity contribution is 8.13. The fourth-order valence-corrected chi connectivity index (χ4v) is 1.68. The molecule has 1 rings (SSSR count). The van der Waals surface area contributed by atoms with Crippen molar-refractivity contribution in [2.45, 2.75) is 20.8 Å². The van der Waals surface area contributed by atoms with Gasteiger partial charge in [0.2, 0.25) is 5.91 Å². The third kappa shape index (κ3) is 2.46. The predicted octanol–water partition coefficient (Wildman–Crippen LogP) is 1.50. The molecule has 0 aromatic carbocycles. The molecular formula is C9H16N2OS. The number of carbonyl (C=O) groups excluding carboxylic acids is 1. The Morgan fingerprint density at radius 3 is 2.54 bits per heavy atom. The lowest BCUT2D eigenvalue weighted by Gasteiger charge is -2.31. The molecule has 74 valence electrons. The first-order valence-electron chi connectivity index (χ1n) is 4.34. The number of rotatable bonds is 0. The van der Waals surface area contributed by atoms with E-state index in [0.29, 0.717) is 6.54 Å². The summed E-state index contributed by atoms with van der Waals surface area (Å²) >= 11 is 1.48. The summed E-state index contributed by atoms with van der Waals surface area (Å²) in [6, 6.07) is 0. The molecule has 3 nitrogen and oxygen atoms in total. The van der Waals surface area contributed by atoms with Crippen LogP contribution in [0.25, 0.3) is 0 Å². The van der Waals surface area contributed by atoms with Gasteiger partial charge in [-0.3, -0.25) is 9.79 Å². The van der Waals surface area contributed by atoms with Gasteiger partial charge in [0.25, 0.3) is 0 Å². The molecular weight excluding hydrogens is 184 g/mol. The smallest absolute Gasteiger partial charge is 0.231 e. The van der Waals surface area contributed by atoms with Crippen LogP contribution in [0.2, 0.25) is 0 Å². The summed E-state index contributed by atoms with van der Waals surface area (Å²) < 4.78 is 0. The highest BCUT2D eigenvalue weighted by atomic mass is 32.2. The summed E-state index contributed by atoms with van der Waals surface area (Å²) in [6.07, 6.45) is 1.91. The number of nitrogens with zero attached hydrogens (tertiary/aromatic N) is 1. The first-order valence-corrected chi connectivity index (χ1v) is 5.57. The fourth-order valence-electron chi connectivity index (χ4n) is 1.27.